The molecule has 1 amide bonds. The van der Waals surface area contributed by atoms with E-state index < -0.39 is 0 Å². The van der Waals surface area contributed by atoms with Crippen LogP contribution in [0, 0.1) is 11.3 Å². The first-order valence-corrected chi connectivity index (χ1v) is 6.27. The second kappa shape index (κ2) is 3.91. The van der Waals surface area contributed by atoms with Crippen molar-refractivity contribution in [2.45, 2.75) is 45.6 Å². The Hall–Kier alpha value is -1.22. The summed E-state index contributed by atoms with van der Waals surface area (Å²) in [6, 6.07) is 0. The van der Waals surface area contributed by atoms with Crippen molar-refractivity contribution >= 4 is 5.91 Å². The van der Waals surface area contributed by atoms with Gasteiger partial charge in [0.05, 0.1) is 0 Å². The number of hydrogen-bond donors (Lipinski definition) is 0. The van der Waals surface area contributed by atoms with Gasteiger partial charge in [-0.15, -0.1) is 0 Å². The molecule has 0 aromatic heterocycles. The molecule has 0 N–H and O–H groups in total. The van der Waals surface area contributed by atoms with E-state index in [0.29, 0.717) is 19.0 Å². The fourth-order valence-corrected chi connectivity index (χ4v) is 3.53. The molecule has 1 saturated heterocycles. The van der Waals surface area contributed by atoms with Crippen molar-refractivity contribution in [1.82, 2.24) is 4.90 Å². The van der Waals surface area contributed by atoms with Crippen molar-refractivity contribution in [3.05, 3.63) is 10.4 Å². The zero-order valence-electron chi connectivity index (χ0n) is 10.8. The molecule has 17 heavy (non-hydrogen) atoms. The van der Waals surface area contributed by atoms with Gasteiger partial charge < -0.3 is 4.90 Å². The van der Waals surface area contributed by atoms with Gasteiger partial charge in [0.15, 0.2) is 0 Å². The molecule has 1 saturated carbocycles. The smallest absolute Gasteiger partial charge is 0.226 e. The Kier molecular flexibility index (Phi) is 2.82. The molecular weight excluding hydrogens is 216 g/mol. The molecule has 2 aliphatic rings. The molecule has 5 nitrogen and oxygen atoms in total. The minimum absolute atomic E-state index is 0.00882. The van der Waals surface area contributed by atoms with E-state index in [1.165, 1.54) is 0 Å². The van der Waals surface area contributed by atoms with Crippen LogP contribution in [0.25, 0.3) is 10.4 Å². The summed E-state index contributed by atoms with van der Waals surface area (Å²) < 4.78 is 0. The predicted octanol–water partition coefficient (Wildman–Crippen LogP) is 2.72. The first-order chi connectivity index (χ1) is 7.95. The molecular formula is C12H20N4O. The molecule has 94 valence electrons. The number of nitrogens with zero attached hydrogens (tertiary/aromatic N) is 4. The first kappa shape index (κ1) is 12.2. The van der Waals surface area contributed by atoms with Crippen LogP contribution < -0.4 is 0 Å². The zero-order valence-corrected chi connectivity index (χ0v) is 10.8. The molecule has 5 heteroatoms. The maximum Gasteiger partial charge on any atom is 0.226 e. The van der Waals surface area contributed by atoms with E-state index in [0.717, 1.165) is 19.3 Å². The van der Waals surface area contributed by atoms with E-state index in [4.69, 9.17) is 5.53 Å². The zero-order chi connectivity index (χ0) is 12.7. The molecule has 2 atom stereocenters. The number of fused-ring (bicyclic) bond motifs is 2. The maximum atomic E-state index is 12.3. The number of piperidine rings is 1. The Labute approximate surface area is 102 Å². The average Bonchev–Trinajstić information content (AvgIpc) is 2.56. The second-order valence-corrected chi connectivity index (χ2v) is 5.88. The lowest BCUT2D eigenvalue weighted by Gasteiger charge is -2.41. The highest BCUT2D eigenvalue weighted by Crippen LogP contribution is 2.59. The lowest BCUT2D eigenvalue weighted by Crippen LogP contribution is -2.49. The van der Waals surface area contributed by atoms with Crippen LogP contribution in [0.1, 0.15) is 40.0 Å². The summed E-state index contributed by atoms with van der Waals surface area (Å²) in [5, 5.41) is 3.52. The molecule has 0 aromatic rings. The summed E-state index contributed by atoms with van der Waals surface area (Å²) in [7, 11) is 0. The van der Waals surface area contributed by atoms with Gasteiger partial charge in [0, 0.05) is 29.5 Å². The minimum Gasteiger partial charge on any atom is -0.336 e. The van der Waals surface area contributed by atoms with Crippen molar-refractivity contribution in [1.29, 1.82) is 0 Å². The maximum absolute atomic E-state index is 12.3. The number of rotatable bonds is 4. The molecule has 2 fully saturated rings. The molecule has 2 rings (SSSR count). The molecule has 0 unspecified atom stereocenters. The highest BCUT2D eigenvalue weighted by atomic mass is 16.2. The standard InChI is InChI=1S/C12H20N4O/c1-11(2)9-5-6-12(11,3)16(10(9)17)8-4-7-14-15-13/h9H,4-8H2,1-3H3/t9-,12-/m1/s1. The van der Waals surface area contributed by atoms with E-state index in [1.807, 2.05) is 4.90 Å². The third kappa shape index (κ3) is 1.53. The Bertz CT molecular complexity index is 386. The fourth-order valence-electron chi connectivity index (χ4n) is 3.53. The van der Waals surface area contributed by atoms with Crippen LogP contribution in [0.4, 0.5) is 0 Å². The number of hydrogen-bond acceptors (Lipinski definition) is 2. The van der Waals surface area contributed by atoms with Gasteiger partial charge in [-0.1, -0.05) is 19.0 Å². The van der Waals surface area contributed by atoms with E-state index in [1.54, 1.807) is 0 Å². The van der Waals surface area contributed by atoms with Gasteiger partial charge in [-0.05, 0) is 37.1 Å². The Morgan fingerprint density at radius 2 is 2.24 bits per heavy atom. The van der Waals surface area contributed by atoms with Gasteiger partial charge in [0.1, 0.15) is 0 Å². The number of azide groups is 1. The van der Waals surface area contributed by atoms with Crippen LogP contribution in [0.3, 0.4) is 0 Å². The number of carbonyl (C=O) groups is 1. The summed E-state index contributed by atoms with van der Waals surface area (Å²) in [4.78, 5) is 17.0. The van der Waals surface area contributed by atoms with Crippen molar-refractivity contribution in [3.8, 4) is 0 Å². The van der Waals surface area contributed by atoms with Gasteiger partial charge in [-0.25, -0.2) is 0 Å². The lowest BCUT2D eigenvalue weighted by atomic mass is 9.75. The Morgan fingerprint density at radius 1 is 1.53 bits per heavy atom. The third-order valence-electron chi connectivity index (χ3n) is 5.04. The quantitative estimate of drug-likeness (QED) is 0.320. The van der Waals surface area contributed by atoms with Gasteiger partial charge >= 0.3 is 0 Å². The largest absolute Gasteiger partial charge is 0.336 e. The summed E-state index contributed by atoms with van der Waals surface area (Å²) in [5.41, 5.74) is 8.29. The summed E-state index contributed by atoms with van der Waals surface area (Å²) >= 11 is 0. The minimum atomic E-state index is -0.00882. The second-order valence-electron chi connectivity index (χ2n) is 5.88. The van der Waals surface area contributed by atoms with Crippen molar-refractivity contribution < 1.29 is 4.79 Å². The van der Waals surface area contributed by atoms with E-state index in [2.05, 4.69) is 30.8 Å². The molecule has 0 radical (unpaired) electrons. The SMILES string of the molecule is CC1(C)[C@@H]2CC[C@@]1(C)N(CCCN=[N+]=[N-])C2=O. The molecule has 0 spiro atoms. The molecule has 1 aliphatic heterocycles. The highest BCUT2D eigenvalue weighted by Gasteiger charge is 2.64. The van der Waals surface area contributed by atoms with Gasteiger partial charge in [-0.2, -0.15) is 0 Å². The molecule has 1 heterocycles. The molecule has 2 bridgehead atoms. The highest BCUT2D eigenvalue weighted by molar-refractivity contribution is 5.85. The van der Waals surface area contributed by atoms with Crippen LogP contribution in [-0.2, 0) is 4.79 Å². The Morgan fingerprint density at radius 3 is 2.76 bits per heavy atom. The number of amides is 1. The number of likely N-dealkylation sites (tertiary alicyclic amines) is 1. The van der Waals surface area contributed by atoms with Crippen LogP contribution in [0.5, 0.6) is 0 Å². The van der Waals surface area contributed by atoms with Gasteiger partial charge in [0.25, 0.3) is 0 Å². The van der Waals surface area contributed by atoms with Crippen molar-refractivity contribution in [2.75, 3.05) is 13.1 Å². The summed E-state index contributed by atoms with van der Waals surface area (Å²) in [6.45, 7) is 7.80. The Balaban J connectivity index is 2.09. The van der Waals surface area contributed by atoms with Gasteiger partial charge in [0.2, 0.25) is 5.91 Å². The van der Waals surface area contributed by atoms with Crippen LogP contribution >= 0.6 is 0 Å². The fraction of sp³-hybridized carbons (Fsp3) is 0.917. The molecule has 1 aliphatic carbocycles. The predicted molar refractivity (Wildman–Crippen MR) is 65.3 cm³/mol. The van der Waals surface area contributed by atoms with E-state index >= 15 is 0 Å². The van der Waals surface area contributed by atoms with Crippen LogP contribution in [-0.4, -0.2) is 29.4 Å². The number of carbonyl (C=O) groups excluding carboxylic acids is 1. The van der Waals surface area contributed by atoms with Gasteiger partial charge in [-0.3, -0.25) is 4.79 Å². The average molecular weight is 236 g/mol. The molecule has 0 aromatic carbocycles. The summed E-state index contributed by atoms with van der Waals surface area (Å²) in [5.74, 6) is 0.483. The first-order valence-electron chi connectivity index (χ1n) is 6.27. The van der Waals surface area contributed by atoms with E-state index in [9.17, 15) is 4.79 Å². The monoisotopic (exact) mass is 236 g/mol. The van der Waals surface area contributed by atoms with Crippen molar-refractivity contribution in [2.24, 2.45) is 16.4 Å². The topological polar surface area (TPSA) is 69.1 Å². The van der Waals surface area contributed by atoms with E-state index in [-0.39, 0.29) is 16.9 Å². The summed E-state index contributed by atoms with van der Waals surface area (Å²) in [6.07, 6.45) is 2.88. The lowest BCUT2D eigenvalue weighted by molar-refractivity contribution is -0.136. The van der Waals surface area contributed by atoms with Crippen molar-refractivity contribution in [3.63, 3.8) is 0 Å². The third-order valence-corrected chi connectivity index (χ3v) is 5.04. The normalized spacial score (nSPS) is 33.9. The van der Waals surface area contributed by atoms with Crippen LogP contribution in [0.2, 0.25) is 0 Å². The van der Waals surface area contributed by atoms with Crippen LogP contribution in [0.15, 0.2) is 5.11 Å².